The van der Waals surface area contributed by atoms with Gasteiger partial charge in [-0.15, -0.1) is 0 Å². The van der Waals surface area contributed by atoms with Crippen molar-refractivity contribution in [3.05, 3.63) is 35.0 Å². The van der Waals surface area contributed by atoms with Crippen LogP contribution in [0.15, 0.2) is 18.2 Å². The highest BCUT2D eigenvalue weighted by atomic mass is 16.5. The molecule has 4 nitrogen and oxygen atoms in total. The summed E-state index contributed by atoms with van der Waals surface area (Å²) in [6.07, 6.45) is 0. The van der Waals surface area contributed by atoms with Crippen molar-refractivity contribution in [3.63, 3.8) is 0 Å². The topological polar surface area (TPSA) is 51.5 Å². The molecule has 0 amide bonds. The molecule has 0 aliphatic carbocycles. The summed E-state index contributed by atoms with van der Waals surface area (Å²) in [5, 5.41) is 10.0. The van der Waals surface area contributed by atoms with E-state index in [4.69, 9.17) is 9.84 Å². The van der Waals surface area contributed by atoms with Crippen LogP contribution in [-0.4, -0.2) is 22.8 Å². The third kappa shape index (κ3) is 1.91. The maximum absolute atomic E-state index is 11.1. The normalized spacial score (nSPS) is 11.0. The molecule has 0 unspecified atom stereocenters. The van der Waals surface area contributed by atoms with Crippen molar-refractivity contribution in [2.24, 2.45) is 7.05 Å². The quantitative estimate of drug-likeness (QED) is 0.885. The van der Waals surface area contributed by atoms with Gasteiger partial charge in [0, 0.05) is 19.5 Å². The average Bonchev–Trinajstić information content (AvgIpc) is 2.56. The van der Waals surface area contributed by atoms with Crippen molar-refractivity contribution in [1.29, 1.82) is 0 Å². The van der Waals surface area contributed by atoms with Crippen LogP contribution in [0.25, 0.3) is 10.9 Å². The van der Waals surface area contributed by atoms with Crippen LogP contribution in [0.2, 0.25) is 0 Å². The minimum atomic E-state index is -0.906. The molecule has 0 aliphatic rings. The number of aromatic nitrogens is 1. The minimum Gasteiger partial charge on any atom is -0.477 e. The first-order valence-electron chi connectivity index (χ1n) is 5.35. The highest BCUT2D eigenvalue weighted by Gasteiger charge is 2.13. The second-order valence-electron chi connectivity index (χ2n) is 4.18. The van der Waals surface area contributed by atoms with Crippen molar-refractivity contribution in [2.45, 2.75) is 13.5 Å². The molecule has 4 heteroatoms. The van der Waals surface area contributed by atoms with E-state index in [0.29, 0.717) is 12.3 Å². The monoisotopic (exact) mass is 233 g/mol. The van der Waals surface area contributed by atoms with Gasteiger partial charge in [0.05, 0.1) is 12.1 Å². The number of nitrogens with zero attached hydrogens (tertiary/aromatic N) is 1. The Morgan fingerprint density at radius 1 is 1.41 bits per heavy atom. The van der Waals surface area contributed by atoms with E-state index in [9.17, 15) is 4.79 Å². The lowest BCUT2D eigenvalue weighted by Crippen LogP contribution is -2.04. The van der Waals surface area contributed by atoms with E-state index in [0.717, 1.165) is 22.0 Å². The summed E-state index contributed by atoms with van der Waals surface area (Å²) >= 11 is 0. The Hall–Kier alpha value is -1.81. The largest absolute Gasteiger partial charge is 0.477 e. The SMILES string of the molecule is COCc1cc(C)c2c(c1)cc(C(=O)O)n2C. The summed E-state index contributed by atoms with van der Waals surface area (Å²) in [5.41, 5.74) is 3.38. The number of hydrogen-bond acceptors (Lipinski definition) is 2. The van der Waals surface area contributed by atoms with Crippen LogP contribution in [-0.2, 0) is 18.4 Å². The fraction of sp³-hybridized carbons (Fsp3) is 0.308. The number of carboxylic acids is 1. The lowest BCUT2D eigenvalue weighted by Gasteiger charge is -2.06. The molecule has 0 aliphatic heterocycles. The molecule has 0 fully saturated rings. The lowest BCUT2D eigenvalue weighted by atomic mass is 10.1. The molecule has 0 atom stereocenters. The number of carboxylic acid groups (broad SMARTS) is 1. The number of methoxy groups -OCH3 is 1. The number of aromatic carboxylic acids is 1. The van der Waals surface area contributed by atoms with Gasteiger partial charge >= 0.3 is 5.97 Å². The van der Waals surface area contributed by atoms with Gasteiger partial charge in [-0.25, -0.2) is 4.79 Å². The average molecular weight is 233 g/mol. The molecule has 2 rings (SSSR count). The molecule has 1 aromatic heterocycles. The van der Waals surface area contributed by atoms with Gasteiger partial charge < -0.3 is 14.4 Å². The molecule has 0 radical (unpaired) electrons. The van der Waals surface area contributed by atoms with E-state index in [1.165, 1.54) is 0 Å². The number of ether oxygens (including phenoxy) is 1. The number of benzene rings is 1. The predicted octanol–water partition coefficient (Wildman–Crippen LogP) is 2.33. The first-order valence-corrected chi connectivity index (χ1v) is 5.35. The summed E-state index contributed by atoms with van der Waals surface area (Å²) in [5.74, 6) is -0.906. The molecule has 0 spiro atoms. The van der Waals surface area contributed by atoms with E-state index in [1.807, 2.05) is 19.1 Å². The zero-order valence-electron chi connectivity index (χ0n) is 10.2. The molecule has 2 aromatic rings. The summed E-state index contributed by atoms with van der Waals surface area (Å²) < 4.78 is 6.81. The molecule has 17 heavy (non-hydrogen) atoms. The zero-order valence-corrected chi connectivity index (χ0v) is 10.2. The lowest BCUT2D eigenvalue weighted by molar-refractivity contribution is 0.0687. The zero-order chi connectivity index (χ0) is 12.6. The molecule has 0 saturated carbocycles. The van der Waals surface area contributed by atoms with Crippen molar-refractivity contribution in [1.82, 2.24) is 4.57 Å². The third-order valence-electron chi connectivity index (χ3n) is 2.91. The number of rotatable bonds is 3. The standard InChI is InChI=1S/C13H15NO3/c1-8-4-9(7-17-3)5-10-6-11(13(15)16)14(2)12(8)10/h4-6H,7H2,1-3H3,(H,15,16). The third-order valence-corrected chi connectivity index (χ3v) is 2.91. The van der Waals surface area contributed by atoms with Gasteiger partial charge in [0.2, 0.25) is 0 Å². The van der Waals surface area contributed by atoms with Crippen LogP contribution >= 0.6 is 0 Å². The van der Waals surface area contributed by atoms with Crippen molar-refractivity contribution in [2.75, 3.05) is 7.11 Å². The van der Waals surface area contributed by atoms with Gasteiger partial charge in [-0.05, 0) is 30.2 Å². The molecular formula is C13H15NO3. The number of hydrogen-bond donors (Lipinski definition) is 1. The molecule has 0 saturated heterocycles. The van der Waals surface area contributed by atoms with Crippen LogP contribution in [0.4, 0.5) is 0 Å². The van der Waals surface area contributed by atoms with Crippen LogP contribution in [0, 0.1) is 6.92 Å². The predicted molar refractivity (Wildman–Crippen MR) is 65.3 cm³/mol. The maximum Gasteiger partial charge on any atom is 0.352 e. The van der Waals surface area contributed by atoms with Gasteiger partial charge in [0.1, 0.15) is 5.69 Å². The number of carbonyl (C=O) groups is 1. The van der Waals surface area contributed by atoms with Gasteiger partial charge in [0.15, 0.2) is 0 Å². The van der Waals surface area contributed by atoms with E-state index in [1.54, 1.807) is 24.8 Å². The molecule has 1 N–H and O–H groups in total. The Morgan fingerprint density at radius 3 is 2.71 bits per heavy atom. The first kappa shape index (κ1) is 11.7. The summed E-state index contributed by atoms with van der Waals surface area (Å²) in [6.45, 7) is 2.52. The number of fused-ring (bicyclic) bond motifs is 1. The summed E-state index contributed by atoms with van der Waals surface area (Å²) in [6, 6.07) is 5.69. The Bertz CT molecular complexity index is 584. The fourth-order valence-corrected chi connectivity index (χ4v) is 2.27. The minimum absolute atomic E-state index is 0.303. The summed E-state index contributed by atoms with van der Waals surface area (Å²) in [4.78, 5) is 11.1. The van der Waals surface area contributed by atoms with Gasteiger partial charge in [0.25, 0.3) is 0 Å². The Balaban J connectivity index is 2.69. The highest BCUT2D eigenvalue weighted by molar-refractivity contribution is 5.95. The van der Waals surface area contributed by atoms with E-state index < -0.39 is 5.97 Å². The Morgan fingerprint density at radius 2 is 2.12 bits per heavy atom. The Labute approximate surface area is 99.4 Å². The van der Waals surface area contributed by atoms with Crippen LogP contribution in [0.5, 0.6) is 0 Å². The van der Waals surface area contributed by atoms with Crippen LogP contribution in [0.3, 0.4) is 0 Å². The highest BCUT2D eigenvalue weighted by Crippen LogP contribution is 2.24. The molecule has 0 bridgehead atoms. The Kier molecular flexibility index (Phi) is 2.90. The van der Waals surface area contributed by atoms with E-state index in [2.05, 4.69) is 0 Å². The first-order chi connectivity index (χ1) is 8.04. The van der Waals surface area contributed by atoms with Crippen LogP contribution in [0.1, 0.15) is 21.6 Å². The smallest absolute Gasteiger partial charge is 0.352 e. The van der Waals surface area contributed by atoms with Crippen LogP contribution < -0.4 is 0 Å². The molecule has 1 heterocycles. The molecular weight excluding hydrogens is 218 g/mol. The van der Waals surface area contributed by atoms with Crippen molar-refractivity contribution < 1.29 is 14.6 Å². The second kappa shape index (κ2) is 4.22. The maximum atomic E-state index is 11.1. The van der Waals surface area contributed by atoms with Crippen molar-refractivity contribution >= 4 is 16.9 Å². The van der Waals surface area contributed by atoms with Gasteiger partial charge in [-0.3, -0.25) is 0 Å². The second-order valence-corrected chi connectivity index (χ2v) is 4.18. The van der Waals surface area contributed by atoms with Crippen molar-refractivity contribution in [3.8, 4) is 0 Å². The summed E-state index contributed by atoms with van der Waals surface area (Å²) in [7, 11) is 3.42. The molecule has 1 aromatic carbocycles. The van der Waals surface area contributed by atoms with E-state index >= 15 is 0 Å². The molecule has 90 valence electrons. The van der Waals surface area contributed by atoms with Gasteiger partial charge in [-0.1, -0.05) is 6.07 Å². The number of aryl methyl sites for hydroxylation is 2. The van der Waals surface area contributed by atoms with E-state index in [-0.39, 0.29) is 0 Å². The van der Waals surface area contributed by atoms with Gasteiger partial charge in [-0.2, -0.15) is 0 Å². The fourth-order valence-electron chi connectivity index (χ4n) is 2.27.